The highest BCUT2D eigenvalue weighted by Crippen LogP contribution is 2.42. The maximum absolute atomic E-state index is 11.9. The Morgan fingerprint density at radius 2 is 1.08 bits per heavy atom. The summed E-state index contributed by atoms with van der Waals surface area (Å²) < 4.78 is 11.9. The largest absolute Gasteiger partial charge is 0.489 e. The molecule has 4 aromatic carbocycles. The minimum absolute atomic E-state index is 0.109. The molecule has 3 nitrogen and oxygen atoms in total. The molecule has 0 saturated heterocycles. The van der Waals surface area contributed by atoms with Crippen LogP contribution in [0.1, 0.15) is 78.3 Å². The summed E-state index contributed by atoms with van der Waals surface area (Å²) in [5.74, 6) is 1.52. The Hall–Kier alpha value is -3.50. The fourth-order valence-corrected chi connectivity index (χ4v) is 5.18. The molecular weight excluding hydrogens is 500 g/mol. The molecule has 0 radical (unpaired) electrons. The van der Waals surface area contributed by atoms with E-state index in [1.165, 1.54) is 22.3 Å². The summed E-state index contributed by atoms with van der Waals surface area (Å²) >= 11 is 4.12. The number of hydrogen-bond donors (Lipinski definition) is 1. The molecule has 0 fully saturated rings. The van der Waals surface area contributed by atoms with Crippen molar-refractivity contribution in [1.29, 1.82) is 0 Å². The van der Waals surface area contributed by atoms with E-state index >= 15 is 0 Å². The zero-order chi connectivity index (χ0) is 27.6. The highest BCUT2D eigenvalue weighted by Gasteiger charge is 2.24. The summed E-state index contributed by atoms with van der Waals surface area (Å²) in [6.45, 7) is 7.22. The molecule has 4 heteroatoms. The minimum atomic E-state index is -0.253. The van der Waals surface area contributed by atoms with Gasteiger partial charge in [-0.1, -0.05) is 124 Å². The standard InChI is InChI=1S/C35H38O3S/c1-25(28-13-7-4-8-14-28)31-23-32(26(2)29-15-9-5-10-16-29)35(38-21-20-37-34(36)19-22-39)33(24-31)27(3)30-17-11-6-12-18-30/h4-18,23-27,39H,19-22H2,1-3H3. The average molecular weight is 539 g/mol. The first-order chi connectivity index (χ1) is 19.0. The zero-order valence-corrected chi connectivity index (χ0v) is 23.9. The lowest BCUT2D eigenvalue weighted by atomic mass is 9.81. The first-order valence-corrected chi connectivity index (χ1v) is 14.3. The van der Waals surface area contributed by atoms with Gasteiger partial charge in [-0.05, 0) is 22.3 Å². The van der Waals surface area contributed by atoms with Crippen molar-refractivity contribution in [1.82, 2.24) is 0 Å². The van der Waals surface area contributed by atoms with Gasteiger partial charge in [0, 0.05) is 34.6 Å². The van der Waals surface area contributed by atoms with Crippen LogP contribution in [-0.2, 0) is 9.53 Å². The van der Waals surface area contributed by atoms with Gasteiger partial charge in [0.15, 0.2) is 0 Å². The SMILES string of the molecule is CC(c1ccccc1)c1cc(C(C)c2ccccc2)c(OCCOC(=O)CCS)c(C(C)c2ccccc2)c1. The van der Waals surface area contributed by atoms with E-state index in [9.17, 15) is 4.79 Å². The van der Waals surface area contributed by atoms with Crippen LogP contribution < -0.4 is 4.74 Å². The van der Waals surface area contributed by atoms with Crippen molar-refractivity contribution in [2.45, 2.75) is 44.9 Å². The van der Waals surface area contributed by atoms with Crippen molar-refractivity contribution < 1.29 is 14.3 Å². The van der Waals surface area contributed by atoms with Gasteiger partial charge in [0.1, 0.15) is 19.0 Å². The van der Waals surface area contributed by atoms with Crippen LogP contribution in [-0.4, -0.2) is 24.9 Å². The second-order valence-electron chi connectivity index (χ2n) is 9.97. The maximum atomic E-state index is 11.9. The molecule has 0 aliphatic heterocycles. The van der Waals surface area contributed by atoms with Crippen LogP contribution in [0.5, 0.6) is 5.75 Å². The predicted octanol–water partition coefficient (Wildman–Crippen LogP) is 8.38. The Morgan fingerprint density at radius 1 is 0.641 bits per heavy atom. The Morgan fingerprint density at radius 3 is 1.51 bits per heavy atom. The molecule has 0 saturated carbocycles. The number of carbonyl (C=O) groups is 1. The van der Waals surface area contributed by atoms with Gasteiger partial charge >= 0.3 is 5.97 Å². The number of esters is 1. The Labute approximate surface area is 238 Å². The lowest BCUT2D eigenvalue weighted by molar-refractivity contribution is -0.143. The van der Waals surface area contributed by atoms with Crippen molar-refractivity contribution >= 4 is 18.6 Å². The van der Waals surface area contributed by atoms with E-state index in [0.29, 0.717) is 12.2 Å². The molecule has 39 heavy (non-hydrogen) atoms. The second-order valence-corrected chi connectivity index (χ2v) is 10.4. The summed E-state index contributed by atoms with van der Waals surface area (Å²) in [7, 11) is 0. The number of ether oxygens (including phenoxy) is 2. The van der Waals surface area contributed by atoms with E-state index in [0.717, 1.165) is 16.9 Å². The third-order valence-electron chi connectivity index (χ3n) is 7.41. The number of benzene rings is 4. The van der Waals surface area contributed by atoms with Crippen LogP contribution in [0.4, 0.5) is 0 Å². The topological polar surface area (TPSA) is 35.5 Å². The van der Waals surface area contributed by atoms with Crippen molar-refractivity contribution in [3.8, 4) is 5.75 Å². The third-order valence-corrected chi connectivity index (χ3v) is 7.63. The zero-order valence-electron chi connectivity index (χ0n) is 23.0. The van der Waals surface area contributed by atoms with E-state index in [1.807, 2.05) is 12.1 Å². The van der Waals surface area contributed by atoms with Crippen LogP contribution in [0, 0.1) is 0 Å². The summed E-state index contributed by atoms with van der Waals surface area (Å²) in [5.41, 5.74) is 7.26. The predicted molar refractivity (Wildman–Crippen MR) is 163 cm³/mol. The molecule has 0 bridgehead atoms. The van der Waals surface area contributed by atoms with E-state index < -0.39 is 0 Å². The fraction of sp³-hybridized carbons (Fsp3) is 0.286. The molecule has 0 N–H and O–H groups in total. The second kappa shape index (κ2) is 14.0. The Bertz CT molecular complexity index is 1260. The van der Waals surface area contributed by atoms with Gasteiger partial charge in [0.05, 0.1) is 6.42 Å². The summed E-state index contributed by atoms with van der Waals surface area (Å²) in [5, 5.41) is 0. The van der Waals surface area contributed by atoms with Crippen LogP contribution in [0.2, 0.25) is 0 Å². The molecule has 0 aliphatic carbocycles. The van der Waals surface area contributed by atoms with E-state index in [4.69, 9.17) is 9.47 Å². The van der Waals surface area contributed by atoms with Gasteiger partial charge in [-0.25, -0.2) is 0 Å². The smallest absolute Gasteiger partial charge is 0.306 e. The van der Waals surface area contributed by atoms with Gasteiger partial charge in [-0.3, -0.25) is 4.79 Å². The number of carbonyl (C=O) groups excluding carboxylic acids is 1. The summed E-state index contributed by atoms with van der Waals surface area (Å²) in [4.78, 5) is 11.9. The van der Waals surface area contributed by atoms with Crippen molar-refractivity contribution in [3.63, 3.8) is 0 Å². The average Bonchev–Trinajstić information content (AvgIpc) is 2.99. The number of thiol groups is 1. The molecule has 202 valence electrons. The summed E-state index contributed by atoms with van der Waals surface area (Å²) in [6.07, 6.45) is 0.293. The van der Waals surface area contributed by atoms with Crippen LogP contribution >= 0.6 is 12.6 Å². The molecule has 3 unspecified atom stereocenters. The highest BCUT2D eigenvalue weighted by molar-refractivity contribution is 7.80. The van der Waals surface area contributed by atoms with Crippen LogP contribution in [0.15, 0.2) is 103 Å². The first kappa shape index (κ1) is 28.5. The quantitative estimate of drug-likeness (QED) is 0.112. The van der Waals surface area contributed by atoms with Gasteiger partial charge in [-0.15, -0.1) is 0 Å². The van der Waals surface area contributed by atoms with Gasteiger partial charge < -0.3 is 9.47 Å². The monoisotopic (exact) mass is 538 g/mol. The summed E-state index contributed by atoms with van der Waals surface area (Å²) in [6, 6.07) is 36.3. The molecule has 4 aromatic rings. The van der Waals surface area contributed by atoms with Crippen molar-refractivity contribution in [2.24, 2.45) is 0 Å². The van der Waals surface area contributed by atoms with Gasteiger partial charge in [-0.2, -0.15) is 12.6 Å². The molecule has 3 atom stereocenters. The van der Waals surface area contributed by atoms with Crippen molar-refractivity contribution in [2.75, 3.05) is 19.0 Å². The molecule has 0 spiro atoms. The van der Waals surface area contributed by atoms with Gasteiger partial charge in [0.2, 0.25) is 0 Å². The van der Waals surface area contributed by atoms with E-state index in [-0.39, 0.29) is 36.9 Å². The number of rotatable bonds is 12. The maximum Gasteiger partial charge on any atom is 0.306 e. The normalized spacial score (nSPS) is 13.3. The lowest BCUT2D eigenvalue weighted by Gasteiger charge is -2.26. The molecule has 0 aliphatic rings. The Balaban J connectivity index is 1.81. The molecular formula is C35H38O3S. The van der Waals surface area contributed by atoms with Crippen LogP contribution in [0.3, 0.4) is 0 Å². The molecule has 4 rings (SSSR count). The minimum Gasteiger partial charge on any atom is -0.489 e. The number of hydrogen-bond acceptors (Lipinski definition) is 4. The molecule has 0 amide bonds. The first-order valence-electron chi connectivity index (χ1n) is 13.7. The van der Waals surface area contributed by atoms with E-state index in [2.05, 4.69) is 124 Å². The van der Waals surface area contributed by atoms with Crippen molar-refractivity contribution in [3.05, 3.63) is 137 Å². The third kappa shape index (κ3) is 7.33. The Kier molecular flexibility index (Phi) is 10.3. The molecule has 0 heterocycles. The van der Waals surface area contributed by atoms with Gasteiger partial charge in [0.25, 0.3) is 0 Å². The van der Waals surface area contributed by atoms with E-state index in [1.54, 1.807) is 0 Å². The highest BCUT2D eigenvalue weighted by atomic mass is 32.1. The molecule has 0 aromatic heterocycles. The lowest BCUT2D eigenvalue weighted by Crippen LogP contribution is -2.15. The fourth-order valence-electron chi connectivity index (χ4n) is 5.00. The van der Waals surface area contributed by atoms with Crippen LogP contribution in [0.25, 0.3) is 0 Å².